The highest BCUT2D eigenvalue weighted by Crippen LogP contribution is 2.05. The lowest BCUT2D eigenvalue weighted by atomic mass is 10.2. The number of benzene rings is 1. The minimum absolute atomic E-state index is 0.178. The van der Waals surface area contributed by atoms with Crippen LogP contribution in [0, 0.1) is 0 Å². The van der Waals surface area contributed by atoms with Crippen LogP contribution in [-0.2, 0) is 16.0 Å². The summed E-state index contributed by atoms with van der Waals surface area (Å²) in [7, 11) is 0. The van der Waals surface area contributed by atoms with Crippen LogP contribution in [0.25, 0.3) is 0 Å². The van der Waals surface area contributed by atoms with Crippen LogP contribution >= 0.6 is 31.9 Å². The van der Waals surface area contributed by atoms with Crippen molar-refractivity contribution in [3.05, 3.63) is 35.9 Å². The molecule has 0 spiro atoms. The number of alkyl halides is 2. The fourth-order valence-electron chi connectivity index (χ4n) is 1.04. The minimum Gasteiger partial charge on any atom is -0.464 e. The van der Waals surface area contributed by atoms with Crippen molar-refractivity contribution >= 4 is 37.8 Å². The number of hydrogen-bond acceptors (Lipinski definition) is 2. The molecule has 15 heavy (non-hydrogen) atoms. The Kier molecular flexibility index (Phi) is 5.95. The highest BCUT2D eigenvalue weighted by atomic mass is 79.9. The summed E-state index contributed by atoms with van der Waals surface area (Å²) in [4.78, 5) is 11.6. The third-order valence-electron chi connectivity index (χ3n) is 1.78. The van der Waals surface area contributed by atoms with E-state index in [9.17, 15) is 4.79 Å². The van der Waals surface area contributed by atoms with E-state index in [0.29, 0.717) is 13.0 Å². The highest BCUT2D eigenvalue weighted by Gasteiger charge is 2.07. The first-order valence-electron chi connectivity index (χ1n) is 4.62. The lowest BCUT2D eigenvalue weighted by Crippen LogP contribution is -2.16. The molecule has 0 aliphatic rings. The summed E-state index contributed by atoms with van der Waals surface area (Å²) in [6, 6.07) is 9.58. The standard InChI is InChI=1S/C11H12Br2O2/c12-7-10(13)8-15-11(14)6-9-4-2-1-3-5-9/h1-5,10H,6-8H2/t10-/m0/s1. The third kappa shape index (κ3) is 5.33. The second-order valence-electron chi connectivity index (χ2n) is 3.10. The normalized spacial score (nSPS) is 12.1. The van der Waals surface area contributed by atoms with Gasteiger partial charge in [-0.1, -0.05) is 62.2 Å². The van der Waals surface area contributed by atoms with E-state index in [1.54, 1.807) is 0 Å². The van der Waals surface area contributed by atoms with E-state index in [1.807, 2.05) is 30.3 Å². The predicted octanol–water partition coefficient (Wildman–Crippen LogP) is 2.93. The van der Waals surface area contributed by atoms with Gasteiger partial charge < -0.3 is 4.74 Å². The third-order valence-corrected chi connectivity index (χ3v) is 4.02. The molecule has 82 valence electrons. The number of carbonyl (C=O) groups excluding carboxylic acids is 1. The van der Waals surface area contributed by atoms with E-state index < -0.39 is 0 Å². The molecule has 0 radical (unpaired) electrons. The Morgan fingerprint density at radius 3 is 2.60 bits per heavy atom. The van der Waals surface area contributed by atoms with Crippen LogP contribution in [0.4, 0.5) is 0 Å². The molecule has 0 fully saturated rings. The zero-order valence-electron chi connectivity index (χ0n) is 8.16. The van der Waals surface area contributed by atoms with Gasteiger partial charge in [0.25, 0.3) is 0 Å². The lowest BCUT2D eigenvalue weighted by molar-refractivity contribution is -0.142. The van der Waals surface area contributed by atoms with Crippen molar-refractivity contribution in [3.63, 3.8) is 0 Å². The van der Waals surface area contributed by atoms with Crippen LogP contribution < -0.4 is 0 Å². The van der Waals surface area contributed by atoms with Crippen LogP contribution in [-0.4, -0.2) is 22.7 Å². The molecule has 0 amide bonds. The number of esters is 1. The first-order chi connectivity index (χ1) is 7.22. The molecular formula is C11H12Br2O2. The van der Waals surface area contributed by atoms with Gasteiger partial charge in [0.15, 0.2) is 0 Å². The van der Waals surface area contributed by atoms with Gasteiger partial charge in [0.05, 0.1) is 11.2 Å². The first kappa shape index (κ1) is 12.7. The summed E-state index contributed by atoms with van der Waals surface area (Å²) in [6.45, 7) is 0.400. The molecule has 4 heteroatoms. The van der Waals surface area contributed by atoms with Crippen molar-refractivity contribution in [2.24, 2.45) is 0 Å². The van der Waals surface area contributed by atoms with E-state index in [2.05, 4.69) is 31.9 Å². The Balaban J connectivity index is 2.31. The topological polar surface area (TPSA) is 26.3 Å². The summed E-state index contributed by atoms with van der Waals surface area (Å²) in [5.41, 5.74) is 0.979. The zero-order valence-corrected chi connectivity index (χ0v) is 11.3. The maximum absolute atomic E-state index is 11.4. The van der Waals surface area contributed by atoms with Crippen molar-refractivity contribution in [1.82, 2.24) is 0 Å². The van der Waals surface area contributed by atoms with Gasteiger partial charge in [-0.25, -0.2) is 0 Å². The molecule has 0 unspecified atom stereocenters. The Hall–Kier alpha value is -0.350. The summed E-state index contributed by atoms with van der Waals surface area (Å²) < 4.78 is 5.08. The van der Waals surface area contributed by atoms with Crippen LogP contribution in [0.3, 0.4) is 0 Å². The Morgan fingerprint density at radius 1 is 1.33 bits per heavy atom. The Bertz CT molecular complexity index is 301. The summed E-state index contributed by atoms with van der Waals surface area (Å²) in [5, 5.41) is 0.769. The quantitative estimate of drug-likeness (QED) is 0.611. The van der Waals surface area contributed by atoms with E-state index in [4.69, 9.17) is 4.74 Å². The molecule has 0 saturated carbocycles. The van der Waals surface area contributed by atoms with Gasteiger partial charge in [0.1, 0.15) is 6.61 Å². The molecule has 1 atom stereocenters. The second-order valence-corrected chi connectivity index (χ2v) is 5.04. The van der Waals surface area contributed by atoms with Gasteiger partial charge in [-0.2, -0.15) is 0 Å². The lowest BCUT2D eigenvalue weighted by Gasteiger charge is -2.07. The van der Waals surface area contributed by atoms with Crippen LogP contribution in [0.2, 0.25) is 0 Å². The molecule has 0 aliphatic carbocycles. The molecule has 0 heterocycles. The maximum Gasteiger partial charge on any atom is 0.310 e. The van der Waals surface area contributed by atoms with E-state index in [-0.39, 0.29) is 10.8 Å². The fraction of sp³-hybridized carbons (Fsp3) is 0.364. The average Bonchev–Trinajstić information content (AvgIpc) is 2.27. The van der Waals surface area contributed by atoms with Crippen molar-refractivity contribution < 1.29 is 9.53 Å². The highest BCUT2D eigenvalue weighted by molar-refractivity contribution is 9.12. The molecule has 1 aromatic rings. The fourth-order valence-corrected chi connectivity index (χ4v) is 1.36. The van der Waals surface area contributed by atoms with Crippen LogP contribution in [0.15, 0.2) is 30.3 Å². The van der Waals surface area contributed by atoms with Gasteiger partial charge in [-0.05, 0) is 5.56 Å². The van der Waals surface area contributed by atoms with Crippen LogP contribution in [0.5, 0.6) is 0 Å². The molecule has 1 aromatic carbocycles. The maximum atomic E-state index is 11.4. The van der Waals surface area contributed by atoms with Gasteiger partial charge in [-0.3, -0.25) is 4.79 Å². The molecule has 2 nitrogen and oxygen atoms in total. The molecule has 0 N–H and O–H groups in total. The Labute approximate surface area is 106 Å². The predicted molar refractivity (Wildman–Crippen MR) is 67.6 cm³/mol. The van der Waals surface area contributed by atoms with Gasteiger partial charge in [-0.15, -0.1) is 0 Å². The molecule has 0 bridgehead atoms. The number of halogens is 2. The van der Waals surface area contributed by atoms with Gasteiger partial charge in [0, 0.05) is 5.33 Å². The number of ether oxygens (including phenoxy) is 1. The number of carbonyl (C=O) groups is 1. The SMILES string of the molecule is O=C(Cc1ccccc1)OC[C@@H](Br)CBr. The largest absolute Gasteiger partial charge is 0.464 e. The second kappa shape index (κ2) is 7.01. The monoisotopic (exact) mass is 334 g/mol. The van der Waals surface area contributed by atoms with Crippen molar-refractivity contribution in [3.8, 4) is 0 Å². The van der Waals surface area contributed by atoms with Crippen molar-refractivity contribution in [2.75, 3.05) is 11.9 Å². The van der Waals surface area contributed by atoms with Crippen molar-refractivity contribution in [1.29, 1.82) is 0 Å². The van der Waals surface area contributed by atoms with Gasteiger partial charge in [0.2, 0.25) is 0 Å². The molecule has 0 saturated heterocycles. The Morgan fingerprint density at radius 2 is 2.00 bits per heavy atom. The molecule has 0 aromatic heterocycles. The van der Waals surface area contributed by atoms with E-state index in [1.165, 1.54) is 0 Å². The smallest absolute Gasteiger partial charge is 0.310 e. The van der Waals surface area contributed by atoms with Gasteiger partial charge >= 0.3 is 5.97 Å². The average molecular weight is 336 g/mol. The van der Waals surface area contributed by atoms with E-state index >= 15 is 0 Å². The zero-order chi connectivity index (χ0) is 11.1. The summed E-state index contributed by atoms with van der Waals surface area (Å²) >= 11 is 6.66. The minimum atomic E-state index is -0.188. The molecule has 1 rings (SSSR count). The van der Waals surface area contributed by atoms with Crippen molar-refractivity contribution in [2.45, 2.75) is 11.2 Å². The number of rotatable bonds is 5. The van der Waals surface area contributed by atoms with Crippen LogP contribution in [0.1, 0.15) is 5.56 Å². The number of hydrogen-bond donors (Lipinski definition) is 0. The van der Waals surface area contributed by atoms with E-state index in [0.717, 1.165) is 10.9 Å². The molecular weight excluding hydrogens is 324 g/mol. The molecule has 0 aliphatic heterocycles. The summed E-state index contributed by atoms with van der Waals surface area (Å²) in [6.07, 6.45) is 0.336. The summed E-state index contributed by atoms with van der Waals surface area (Å²) in [5.74, 6) is -0.188. The first-order valence-corrected chi connectivity index (χ1v) is 6.65.